The Morgan fingerprint density at radius 1 is 1.17 bits per heavy atom. The first kappa shape index (κ1) is 19.0. The molecule has 2 N–H and O–H groups in total. The van der Waals surface area contributed by atoms with Crippen LogP contribution in [0, 0.1) is 11.6 Å². The molecule has 0 spiro atoms. The molecule has 1 fully saturated rings. The zero-order valence-corrected chi connectivity index (χ0v) is 15.8. The number of urea groups is 1. The van der Waals surface area contributed by atoms with Crippen LogP contribution >= 0.6 is 0 Å². The number of anilines is 1. The highest BCUT2D eigenvalue weighted by Crippen LogP contribution is 2.36. The highest BCUT2D eigenvalue weighted by atomic mass is 19.1. The van der Waals surface area contributed by atoms with E-state index in [9.17, 15) is 13.6 Å². The number of hydrogen-bond donors (Lipinski definition) is 2. The lowest BCUT2D eigenvalue weighted by molar-refractivity contribution is 0.249. The monoisotopic (exact) mass is 398 g/mol. The summed E-state index contributed by atoms with van der Waals surface area (Å²) in [4.78, 5) is 12.2. The molecule has 9 heteroatoms. The summed E-state index contributed by atoms with van der Waals surface area (Å²) in [5.41, 5.74) is 1.40. The second kappa shape index (κ2) is 7.94. The molecule has 1 heterocycles. The number of tetrazole rings is 1. The van der Waals surface area contributed by atoms with Crippen molar-refractivity contribution in [1.29, 1.82) is 0 Å². The van der Waals surface area contributed by atoms with Crippen LogP contribution in [0.1, 0.15) is 31.4 Å². The molecule has 1 aliphatic carbocycles. The molecule has 1 aromatic heterocycles. The van der Waals surface area contributed by atoms with E-state index in [2.05, 4.69) is 26.2 Å². The van der Waals surface area contributed by atoms with Gasteiger partial charge in [-0.2, -0.15) is 0 Å². The summed E-state index contributed by atoms with van der Waals surface area (Å²) in [6, 6.07) is 10.3. The molecule has 7 nitrogen and oxygen atoms in total. The summed E-state index contributed by atoms with van der Waals surface area (Å²) in [5.74, 6) is -0.546. The zero-order valence-electron chi connectivity index (χ0n) is 15.8. The zero-order chi connectivity index (χ0) is 20.4. The number of carbonyl (C=O) groups is 1. The summed E-state index contributed by atoms with van der Waals surface area (Å²) in [7, 11) is 0. The van der Waals surface area contributed by atoms with E-state index in [0.29, 0.717) is 17.6 Å². The molecular weight excluding hydrogens is 378 g/mol. The van der Waals surface area contributed by atoms with Gasteiger partial charge in [-0.25, -0.2) is 18.3 Å². The van der Waals surface area contributed by atoms with Crippen LogP contribution in [0.15, 0.2) is 42.5 Å². The van der Waals surface area contributed by atoms with Crippen molar-refractivity contribution >= 4 is 11.7 Å². The predicted molar refractivity (Wildman–Crippen MR) is 103 cm³/mol. The van der Waals surface area contributed by atoms with E-state index in [4.69, 9.17) is 0 Å². The molecule has 2 aromatic carbocycles. The molecule has 2 amide bonds. The average Bonchev–Trinajstić information content (AvgIpc) is 3.42. The maximum absolute atomic E-state index is 13.7. The first-order valence-corrected chi connectivity index (χ1v) is 9.40. The van der Waals surface area contributed by atoms with E-state index in [1.54, 1.807) is 19.1 Å². The van der Waals surface area contributed by atoms with Gasteiger partial charge in [0.2, 0.25) is 0 Å². The van der Waals surface area contributed by atoms with Gasteiger partial charge in [-0.3, -0.25) is 0 Å². The maximum atomic E-state index is 13.7. The minimum absolute atomic E-state index is 0.0435. The fourth-order valence-corrected chi connectivity index (χ4v) is 3.13. The lowest BCUT2D eigenvalue weighted by Gasteiger charge is -2.15. The van der Waals surface area contributed by atoms with E-state index in [-0.39, 0.29) is 12.0 Å². The summed E-state index contributed by atoms with van der Waals surface area (Å²) in [5, 5.41) is 17.2. The van der Waals surface area contributed by atoms with E-state index >= 15 is 0 Å². The summed E-state index contributed by atoms with van der Waals surface area (Å²) >= 11 is 0. The molecule has 1 saturated carbocycles. The molecular formula is C20H20F2N6O. The fourth-order valence-electron chi connectivity index (χ4n) is 3.13. The second-order valence-corrected chi connectivity index (χ2v) is 7.16. The Kier molecular flexibility index (Phi) is 5.20. The SMILES string of the molecule is CC(Cc1c(F)cccc1F)NC(=O)Nc1ccc(-c2nnnn2C2CC2)cc1. The number of amides is 2. The Labute approximate surface area is 166 Å². The molecule has 0 radical (unpaired) electrons. The fraction of sp³-hybridized carbons (Fsp3) is 0.300. The Bertz CT molecular complexity index is 996. The predicted octanol–water partition coefficient (Wildman–Crippen LogP) is 3.71. The van der Waals surface area contributed by atoms with Crippen LogP contribution in [-0.2, 0) is 6.42 Å². The van der Waals surface area contributed by atoms with Gasteiger partial charge in [0.25, 0.3) is 0 Å². The molecule has 1 atom stereocenters. The van der Waals surface area contributed by atoms with Crippen LogP contribution in [0.25, 0.3) is 11.4 Å². The third kappa shape index (κ3) is 4.39. The van der Waals surface area contributed by atoms with Crippen molar-refractivity contribution < 1.29 is 13.6 Å². The number of nitrogens with zero attached hydrogens (tertiary/aromatic N) is 4. The Balaban J connectivity index is 1.35. The lowest BCUT2D eigenvalue weighted by atomic mass is 10.1. The molecule has 1 aliphatic rings. The number of rotatable bonds is 6. The van der Waals surface area contributed by atoms with Crippen molar-refractivity contribution in [2.24, 2.45) is 0 Å². The molecule has 1 unspecified atom stereocenters. The van der Waals surface area contributed by atoms with E-state index in [1.165, 1.54) is 18.2 Å². The molecule has 0 aliphatic heterocycles. The smallest absolute Gasteiger partial charge is 0.319 e. The number of carbonyl (C=O) groups excluding carboxylic acids is 1. The highest BCUT2D eigenvalue weighted by molar-refractivity contribution is 5.89. The number of halogens is 2. The summed E-state index contributed by atoms with van der Waals surface area (Å²) in [6.45, 7) is 1.69. The van der Waals surface area contributed by atoms with Crippen LogP contribution in [0.2, 0.25) is 0 Å². The number of nitrogens with one attached hydrogen (secondary N) is 2. The molecule has 29 heavy (non-hydrogen) atoms. The average molecular weight is 398 g/mol. The van der Waals surface area contributed by atoms with Crippen molar-refractivity contribution in [2.45, 2.75) is 38.3 Å². The standard InChI is InChI=1S/C20H20F2N6O/c1-12(11-16-17(21)3-2-4-18(16)22)23-20(29)24-14-7-5-13(6-8-14)19-25-26-27-28(19)15-9-10-15/h2-8,12,15H,9-11H2,1H3,(H2,23,24,29). The molecule has 0 bridgehead atoms. The lowest BCUT2D eigenvalue weighted by Crippen LogP contribution is -2.37. The van der Waals surface area contributed by atoms with Gasteiger partial charge < -0.3 is 10.6 Å². The molecule has 150 valence electrons. The third-order valence-corrected chi connectivity index (χ3v) is 4.74. The van der Waals surface area contributed by atoms with Gasteiger partial charge in [0.05, 0.1) is 6.04 Å². The van der Waals surface area contributed by atoms with Crippen LogP contribution in [0.3, 0.4) is 0 Å². The van der Waals surface area contributed by atoms with Crippen molar-refractivity contribution in [3.63, 3.8) is 0 Å². The Morgan fingerprint density at radius 2 is 1.86 bits per heavy atom. The first-order valence-electron chi connectivity index (χ1n) is 9.40. The molecule has 0 saturated heterocycles. The summed E-state index contributed by atoms with van der Waals surface area (Å²) in [6.07, 6.45) is 2.20. The van der Waals surface area contributed by atoms with Gasteiger partial charge in [0.15, 0.2) is 5.82 Å². The van der Waals surface area contributed by atoms with Gasteiger partial charge in [-0.1, -0.05) is 6.07 Å². The van der Waals surface area contributed by atoms with Crippen molar-refractivity contribution in [3.8, 4) is 11.4 Å². The van der Waals surface area contributed by atoms with Gasteiger partial charge >= 0.3 is 6.03 Å². The van der Waals surface area contributed by atoms with E-state index in [1.807, 2.05) is 16.8 Å². The third-order valence-electron chi connectivity index (χ3n) is 4.74. The quantitative estimate of drug-likeness (QED) is 0.663. The van der Waals surface area contributed by atoms with Crippen molar-refractivity contribution in [3.05, 3.63) is 59.7 Å². The molecule has 4 rings (SSSR count). The van der Waals surface area contributed by atoms with Crippen molar-refractivity contribution in [1.82, 2.24) is 25.5 Å². The summed E-state index contributed by atoms with van der Waals surface area (Å²) < 4.78 is 29.3. The van der Waals surface area contributed by atoms with Crippen LogP contribution < -0.4 is 10.6 Å². The van der Waals surface area contributed by atoms with Crippen LogP contribution in [0.4, 0.5) is 19.3 Å². The van der Waals surface area contributed by atoms with Gasteiger partial charge in [-0.05, 0) is 73.0 Å². The first-order chi connectivity index (χ1) is 14.0. The maximum Gasteiger partial charge on any atom is 0.319 e. The largest absolute Gasteiger partial charge is 0.335 e. The highest BCUT2D eigenvalue weighted by Gasteiger charge is 2.28. The normalized spacial score (nSPS) is 14.4. The van der Waals surface area contributed by atoms with Gasteiger partial charge in [0, 0.05) is 22.9 Å². The minimum atomic E-state index is -0.622. The minimum Gasteiger partial charge on any atom is -0.335 e. The number of aromatic nitrogens is 4. The molecule has 3 aromatic rings. The van der Waals surface area contributed by atoms with E-state index < -0.39 is 23.7 Å². The van der Waals surface area contributed by atoms with Gasteiger partial charge in [-0.15, -0.1) is 5.10 Å². The van der Waals surface area contributed by atoms with Crippen LogP contribution in [-0.4, -0.2) is 32.3 Å². The topological polar surface area (TPSA) is 84.7 Å². The number of benzene rings is 2. The Hall–Kier alpha value is -3.36. The van der Waals surface area contributed by atoms with Crippen LogP contribution in [0.5, 0.6) is 0 Å². The van der Waals surface area contributed by atoms with Crippen molar-refractivity contribution in [2.75, 3.05) is 5.32 Å². The van der Waals surface area contributed by atoms with Gasteiger partial charge in [0.1, 0.15) is 11.6 Å². The Morgan fingerprint density at radius 3 is 2.52 bits per heavy atom. The van der Waals surface area contributed by atoms with E-state index in [0.717, 1.165) is 18.4 Å². The second-order valence-electron chi connectivity index (χ2n) is 7.16. The number of hydrogen-bond acceptors (Lipinski definition) is 4.